The van der Waals surface area contributed by atoms with Gasteiger partial charge in [-0.2, -0.15) is 13.6 Å². The van der Waals surface area contributed by atoms with Gasteiger partial charge in [0.1, 0.15) is 5.75 Å². The summed E-state index contributed by atoms with van der Waals surface area (Å²) in [7, 11) is -4.01. The molecule has 0 heterocycles. The average Bonchev–Trinajstić information content (AvgIpc) is 2.97. The van der Waals surface area contributed by atoms with Crippen molar-refractivity contribution in [2.75, 3.05) is 6.54 Å². The first kappa shape index (κ1) is 19.5. The maximum absolute atomic E-state index is 12.6. The molecule has 4 atom stereocenters. The summed E-state index contributed by atoms with van der Waals surface area (Å²) in [6.07, 6.45) is 7.10. The zero-order valence-electron chi connectivity index (χ0n) is 16.4. The maximum atomic E-state index is 12.6. The van der Waals surface area contributed by atoms with Gasteiger partial charge in [-0.05, 0) is 80.0 Å². The van der Waals surface area contributed by atoms with Crippen LogP contribution < -0.4 is 14.6 Å². The predicted octanol–water partition coefficient (Wildman–Crippen LogP) is 2.80. The summed E-state index contributed by atoms with van der Waals surface area (Å²) in [4.78, 5) is 12.6. The molecule has 28 heavy (non-hydrogen) atoms. The Balaban J connectivity index is 1.59. The van der Waals surface area contributed by atoms with Crippen LogP contribution in [-0.2, 0) is 21.5 Å². The Hall–Kier alpha value is -1.86. The first-order valence-electron chi connectivity index (χ1n) is 10.1. The third-order valence-corrected chi connectivity index (χ3v) is 7.50. The molecule has 0 aromatic heterocycles. The Kier molecular flexibility index (Phi) is 4.78. The van der Waals surface area contributed by atoms with E-state index in [0.29, 0.717) is 24.3 Å². The fraction of sp³-hybridized carbons (Fsp3) is 0.571. The van der Waals surface area contributed by atoms with E-state index in [1.165, 1.54) is 5.56 Å². The van der Waals surface area contributed by atoms with E-state index in [0.717, 1.165) is 43.2 Å². The molecule has 1 saturated carbocycles. The topological polar surface area (TPSA) is 98.5 Å². The van der Waals surface area contributed by atoms with Crippen LogP contribution in [0.15, 0.2) is 29.8 Å². The zero-order chi connectivity index (χ0) is 20.1. The van der Waals surface area contributed by atoms with Crippen molar-refractivity contribution in [2.24, 2.45) is 22.4 Å². The maximum Gasteiger partial charge on any atom is 0.380 e. The molecule has 1 amide bonds. The van der Waals surface area contributed by atoms with Gasteiger partial charge in [0.15, 0.2) is 0 Å². The summed E-state index contributed by atoms with van der Waals surface area (Å²) in [6.45, 7) is 4.87. The van der Waals surface area contributed by atoms with E-state index in [-0.39, 0.29) is 17.1 Å². The number of carbonyl (C=O) groups excluding carboxylic acids is 1. The van der Waals surface area contributed by atoms with Crippen molar-refractivity contribution in [1.82, 2.24) is 5.32 Å². The number of benzene rings is 1. The molecule has 0 radical (unpaired) electrons. The Bertz CT molecular complexity index is 940. The third-order valence-electron chi connectivity index (χ3n) is 7.07. The van der Waals surface area contributed by atoms with Crippen molar-refractivity contribution < 1.29 is 17.4 Å². The van der Waals surface area contributed by atoms with E-state index in [1.54, 1.807) is 6.07 Å². The fourth-order valence-electron chi connectivity index (χ4n) is 5.92. The number of carbonyl (C=O) groups is 1. The lowest BCUT2D eigenvalue weighted by molar-refractivity contribution is -0.119. The SMILES string of the molecule is CCNC(=O)C1=CCC2C3CCc4cc(OS(N)(=O)=O)ccc4C3CC[C@]12C. The Labute approximate surface area is 166 Å². The van der Waals surface area contributed by atoms with Gasteiger partial charge >= 0.3 is 10.3 Å². The van der Waals surface area contributed by atoms with Crippen LogP contribution in [0.3, 0.4) is 0 Å². The molecule has 0 saturated heterocycles. The highest BCUT2D eigenvalue weighted by molar-refractivity contribution is 7.84. The summed E-state index contributed by atoms with van der Waals surface area (Å²) in [5.74, 6) is 1.84. The highest BCUT2D eigenvalue weighted by atomic mass is 32.2. The fourth-order valence-corrected chi connectivity index (χ4v) is 6.29. The number of hydrogen-bond donors (Lipinski definition) is 2. The summed E-state index contributed by atoms with van der Waals surface area (Å²) in [5.41, 5.74) is 3.38. The molecule has 3 unspecified atom stereocenters. The monoisotopic (exact) mass is 404 g/mol. The second-order valence-electron chi connectivity index (χ2n) is 8.52. The summed E-state index contributed by atoms with van der Waals surface area (Å²) in [6, 6.07) is 5.52. The lowest BCUT2D eigenvalue weighted by Crippen LogP contribution is -2.43. The van der Waals surface area contributed by atoms with Gasteiger partial charge in [-0.15, -0.1) is 0 Å². The largest absolute Gasteiger partial charge is 0.380 e. The second-order valence-corrected chi connectivity index (χ2v) is 9.67. The van der Waals surface area contributed by atoms with E-state index >= 15 is 0 Å². The molecule has 1 aromatic rings. The zero-order valence-corrected chi connectivity index (χ0v) is 17.2. The lowest BCUT2D eigenvalue weighted by Gasteiger charge is -2.50. The first-order valence-corrected chi connectivity index (χ1v) is 11.5. The number of likely N-dealkylation sites (N-methyl/N-ethyl adjacent to an activating group) is 1. The van der Waals surface area contributed by atoms with E-state index in [2.05, 4.69) is 18.3 Å². The summed E-state index contributed by atoms with van der Waals surface area (Å²) >= 11 is 0. The minimum absolute atomic E-state index is 0.0470. The Morgan fingerprint density at radius 3 is 2.86 bits per heavy atom. The number of rotatable bonds is 4. The molecule has 1 fully saturated rings. The molecule has 3 aliphatic rings. The number of hydrogen-bond acceptors (Lipinski definition) is 4. The molecule has 3 N–H and O–H groups in total. The van der Waals surface area contributed by atoms with Gasteiger partial charge in [0.25, 0.3) is 0 Å². The second kappa shape index (κ2) is 6.88. The molecule has 6 nitrogen and oxygen atoms in total. The third kappa shape index (κ3) is 3.24. The number of nitrogens with two attached hydrogens (primary N) is 1. The number of aryl methyl sites for hydroxylation is 1. The number of nitrogens with one attached hydrogen (secondary N) is 1. The van der Waals surface area contributed by atoms with Crippen LogP contribution in [-0.4, -0.2) is 20.9 Å². The van der Waals surface area contributed by atoms with Crippen molar-refractivity contribution in [3.8, 4) is 5.75 Å². The van der Waals surface area contributed by atoms with Crippen LogP contribution in [0.4, 0.5) is 0 Å². The minimum atomic E-state index is -4.01. The molecule has 0 spiro atoms. The number of fused-ring (bicyclic) bond motifs is 5. The summed E-state index contributed by atoms with van der Waals surface area (Å²) in [5, 5.41) is 7.97. The van der Waals surface area contributed by atoms with Crippen LogP contribution >= 0.6 is 0 Å². The normalized spacial score (nSPS) is 31.2. The quantitative estimate of drug-likeness (QED) is 0.806. The number of allylic oxidation sites excluding steroid dienone is 1. The standard InChI is InChI=1S/C21H28N2O4S/c1-3-23-20(24)19-9-8-18-17-6-4-13-12-14(27-28(22,25)26)5-7-15(13)16(17)10-11-21(18,19)2/h5,7,9,12,16-18H,3-4,6,8,10-11H2,1-2H3,(H,23,24)(H2,22,25,26)/t16?,17?,18?,21-/m0/s1. The lowest BCUT2D eigenvalue weighted by atomic mass is 9.54. The molecule has 7 heteroatoms. The van der Waals surface area contributed by atoms with Crippen molar-refractivity contribution >= 4 is 16.2 Å². The molecular formula is C21H28N2O4S. The molecule has 3 aliphatic carbocycles. The minimum Gasteiger partial charge on any atom is -0.371 e. The highest BCUT2D eigenvalue weighted by Gasteiger charge is 2.53. The molecule has 0 bridgehead atoms. The average molecular weight is 405 g/mol. The Morgan fingerprint density at radius 2 is 2.14 bits per heavy atom. The van der Waals surface area contributed by atoms with Crippen LogP contribution in [0.2, 0.25) is 0 Å². The van der Waals surface area contributed by atoms with E-state index in [9.17, 15) is 13.2 Å². The van der Waals surface area contributed by atoms with Gasteiger partial charge in [0, 0.05) is 17.5 Å². The highest BCUT2D eigenvalue weighted by Crippen LogP contribution is 2.61. The van der Waals surface area contributed by atoms with E-state index in [1.807, 2.05) is 19.1 Å². The van der Waals surface area contributed by atoms with Gasteiger partial charge in [-0.25, -0.2) is 0 Å². The summed E-state index contributed by atoms with van der Waals surface area (Å²) < 4.78 is 27.3. The van der Waals surface area contributed by atoms with Crippen molar-refractivity contribution in [2.45, 2.75) is 51.9 Å². The molecule has 4 rings (SSSR count). The molecular weight excluding hydrogens is 376 g/mol. The van der Waals surface area contributed by atoms with Gasteiger partial charge in [-0.3, -0.25) is 4.79 Å². The van der Waals surface area contributed by atoms with Gasteiger partial charge in [-0.1, -0.05) is 19.1 Å². The smallest absolute Gasteiger partial charge is 0.371 e. The van der Waals surface area contributed by atoms with Crippen LogP contribution in [0.25, 0.3) is 0 Å². The van der Waals surface area contributed by atoms with Crippen molar-refractivity contribution in [3.05, 3.63) is 41.0 Å². The number of amides is 1. The van der Waals surface area contributed by atoms with Crippen molar-refractivity contribution in [1.29, 1.82) is 0 Å². The van der Waals surface area contributed by atoms with Crippen LogP contribution in [0.5, 0.6) is 5.75 Å². The van der Waals surface area contributed by atoms with Crippen LogP contribution in [0, 0.1) is 17.3 Å². The molecule has 1 aromatic carbocycles. The van der Waals surface area contributed by atoms with E-state index in [4.69, 9.17) is 9.32 Å². The van der Waals surface area contributed by atoms with Gasteiger partial charge < -0.3 is 9.50 Å². The van der Waals surface area contributed by atoms with Gasteiger partial charge in [0.05, 0.1) is 0 Å². The first-order chi connectivity index (χ1) is 13.2. The van der Waals surface area contributed by atoms with Gasteiger partial charge in [0.2, 0.25) is 5.91 Å². The Morgan fingerprint density at radius 1 is 1.36 bits per heavy atom. The van der Waals surface area contributed by atoms with Crippen LogP contribution in [0.1, 0.15) is 56.6 Å². The van der Waals surface area contributed by atoms with Crippen molar-refractivity contribution in [3.63, 3.8) is 0 Å². The predicted molar refractivity (Wildman–Crippen MR) is 107 cm³/mol. The molecule has 152 valence electrons. The van der Waals surface area contributed by atoms with E-state index < -0.39 is 10.3 Å². The molecule has 0 aliphatic heterocycles.